The van der Waals surface area contributed by atoms with E-state index in [1.165, 1.54) is 5.56 Å². The van der Waals surface area contributed by atoms with Gasteiger partial charge in [0.1, 0.15) is 5.69 Å². The second-order valence-electron chi connectivity index (χ2n) is 4.87. The van der Waals surface area contributed by atoms with E-state index in [0.717, 1.165) is 24.2 Å². The zero-order valence-electron chi connectivity index (χ0n) is 11.7. The highest BCUT2D eigenvalue weighted by atomic mass is 16.3. The van der Waals surface area contributed by atoms with Crippen molar-refractivity contribution >= 4 is 0 Å². The molecule has 106 valence electrons. The van der Waals surface area contributed by atoms with Gasteiger partial charge in [0.2, 0.25) is 0 Å². The van der Waals surface area contributed by atoms with Crippen LogP contribution in [-0.2, 0) is 19.4 Å². The Morgan fingerprint density at radius 2 is 1.52 bits per heavy atom. The first-order valence-electron chi connectivity index (χ1n) is 7.02. The van der Waals surface area contributed by atoms with Crippen molar-refractivity contribution in [2.24, 2.45) is 0 Å². The van der Waals surface area contributed by atoms with Crippen LogP contribution in [-0.4, -0.2) is 20.1 Å². The van der Waals surface area contributed by atoms with Gasteiger partial charge in [-0.1, -0.05) is 53.7 Å². The third-order valence-corrected chi connectivity index (χ3v) is 3.49. The Morgan fingerprint density at radius 3 is 2.19 bits per heavy atom. The summed E-state index contributed by atoms with van der Waals surface area (Å²) in [6, 6.07) is 20.2. The van der Waals surface area contributed by atoms with E-state index >= 15 is 0 Å². The summed E-state index contributed by atoms with van der Waals surface area (Å²) in [7, 11) is 0. The summed E-state index contributed by atoms with van der Waals surface area (Å²) in [5.41, 5.74) is 3.84. The van der Waals surface area contributed by atoms with Crippen molar-refractivity contribution in [1.82, 2.24) is 15.0 Å². The first-order valence-corrected chi connectivity index (χ1v) is 7.02. The molecule has 0 bridgehead atoms. The molecule has 0 saturated heterocycles. The van der Waals surface area contributed by atoms with E-state index in [0.29, 0.717) is 5.69 Å². The van der Waals surface area contributed by atoms with Gasteiger partial charge in [0.25, 0.3) is 0 Å². The number of aryl methyl sites for hydroxylation is 1. The molecule has 21 heavy (non-hydrogen) atoms. The van der Waals surface area contributed by atoms with Crippen molar-refractivity contribution in [2.75, 3.05) is 0 Å². The molecule has 1 N–H and O–H groups in total. The summed E-state index contributed by atoms with van der Waals surface area (Å²) in [6.07, 6.45) is 1.69. The number of aliphatic hydroxyl groups excluding tert-OH is 1. The summed E-state index contributed by atoms with van der Waals surface area (Å²) >= 11 is 0. The van der Waals surface area contributed by atoms with Gasteiger partial charge in [0.05, 0.1) is 18.0 Å². The first-order chi connectivity index (χ1) is 10.4. The van der Waals surface area contributed by atoms with Crippen molar-refractivity contribution in [3.05, 3.63) is 77.6 Å². The Balaban J connectivity index is 1.88. The van der Waals surface area contributed by atoms with Gasteiger partial charge >= 0.3 is 0 Å². The van der Waals surface area contributed by atoms with Crippen LogP contribution in [0.1, 0.15) is 17.0 Å². The predicted octanol–water partition coefficient (Wildman–Crippen LogP) is 2.54. The van der Waals surface area contributed by atoms with Crippen LogP contribution < -0.4 is 0 Å². The molecule has 1 aromatic heterocycles. The maximum absolute atomic E-state index is 9.46. The molecular formula is C17H17N3O. The number of para-hydroxylation sites is 1. The van der Waals surface area contributed by atoms with Gasteiger partial charge in [-0.05, 0) is 30.5 Å². The summed E-state index contributed by atoms with van der Waals surface area (Å²) in [6.45, 7) is -0.0864. The second kappa shape index (κ2) is 6.33. The Morgan fingerprint density at radius 1 is 0.857 bits per heavy atom. The molecule has 3 rings (SSSR count). The molecule has 2 aromatic carbocycles. The fraction of sp³-hybridized carbons (Fsp3) is 0.176. The Bertz CT molecular complexity index is 693. The van der Waals surface area contributed by atoms with E-state index in [1.54, 1.807) is 0 Å². The van der Waals surface area contributed by atoms with Gasteiger partial charge in [0, 0.05) is 0 Å². The smallest absolute Gasteiger partial charge is 0.112 e. The summed E-state index contributed by atoms with van der Waals surface area (Å²) in [5.74, 6) is 0. The fourth-order valence-electron chi connectivity index (χ4n) is 2.39. The van der Waals surface area contributed by atoms with Gasteiger partial charge < -0.3 is 5.11 Å². The number of aliphatic hydroxyl groups is 1. The van der Waals surface area contributed by atoms with Crippen LogP contribution in [0.25, 0.3) is 5.69 Å². The number of benzene rings is 2. The topological polar surface area (TPSA) is 50.9 Å². The lowest BCUT2D eigenvalue weighted by molar-refractivity contribution is 0.275. The highest BCUT2D eigenvalue weighted by molar-refractivity contribution is 5.33. The third-order valence-electron chi connectivity index (χ3n) is 3.49. The largest absolute Gasteiger partial charge is 0.390 e. The highest BCUT2D eigenvalue weighted by Crippen LogP contribution is 2.15. The molecule has 0 spiro atoms. The predicted molar refractivity (Wildman–Crippen MR) is 81.1 cm³/mol. The number of hydrogen-bond acceptors (Lipinski definition) is 3. The Labute approximate surface area is 123 Å². The van der Waals surface area contributed by atoms with E-state index in [2.05, 4.69) is 22.4 Å². The fourth-order valence-corrected chi connectivity index (χ4v) is 2.39. The minimum atomic E-state index is -0.0864. The van der Waals surface area contributed by atoms with Crippen molar-refractivity contribution in [3.63, 3.8) is 0 Å². The van der Waals surface area contributed by atoms with Gasteiger partial charge in [-0.2, -0.15) is 0 Å². The lowest BCUT2D eigenvalue weighted by Gasteiger charge is -2.07. The normalized spacial score (nSPS) is 10.7. The molecule has 0 saturated carbocycles. The van der Waals surface area contributed by atoms with Crippen LogP contribution in [0.2, 0.25) is 0 Å². The minimum Gasteiger partial charge on any atom is -0.390 e. The highest BCUT2D eigenvalue weighted by Gasteiger charge is 2.13. The van der Waals surface area contributed by atoms with Gasteiger partial charge in [-0.25, -0.2) is 4.68 Å². The molecule has 1 heterocycles. The molecule has 0 aliphatic rings. The Kier molecular flexibility index (Phi) is 4.07. The van der Waals surface area contributed by atoms with E-state index < -0.39 is 0 Å². The van der Waals surface area contributed by atoms with E-state index in [4.69, 9.17) is 0 Å². The molecular weight excluding hydrogens is 262 g/mol. The SMILES string of the molecule is OCc1nnn(-c2ccccc2)c1CCc1ccccc1. The molecule has 0 aliphatic carbocycles. The third kappa shape index (κ3) is 3.01. The van der Waals surface area contributed by atoms with E-state index in [9.17, 15) is 5.11 Å². The monoisotopic (exact) mass is 279 g/mol. The van der Waals surface area contributed by atoms with Crippen LogP contribution in [0.5, 0.6) is 0 Å². The summed E-state index contributed by atoms with van der Waals surface area (Å²) < 4.78 is 1.81. The molecule has 4 nitrogen and oxygen atoms in total. The maximum atomic E-state index is 9.46. The van der Waals surface area contributed by atoms with Crippen molar-refractivity contribution in [2.45, 2.75) is 19.4 Å². The van der Waals surface area contributed by atoms with Crippen LogP contribution >= 0.6 is 0 Å². The number of hydrogen-bond donors (Lipinski definition) is 1. The van der Waals surface area contributed by atoms with Crippen molar-refractivity contribution in [1.29, 1.82) is 0 Å². The van der Waals surface area contributed by atoms with Gasteiger partial charge in [-0.3, -0.25) is 0 Å². The number of rotatable bonds is 5. The molecule has 0 radical (unpaired) electrons. The zero-order valence-corrected chi connectivity index (χ0v) is 11.7. The van der Waals surface area contributed by atoms with Crippen LogP contribution in [0.15, 0.2) is 60.7 Å². The second-order valence-corrected chi connectivity index (χ2v) is 4.87. The molecule has 0 fully saturated rings. The van der Waals surface area contributed by atoms with Gasteiger partial charge in [-0.15, -0.1) is 5.10 Å². The first kappa shape index (κ1) is 13.5. The maximum Gasteiger partial charge on any atom is 0.112 e. The molecule has 0 aliphatic heterocycles. The van der Waals surface area contributed by atoms with Gasteiger partial charge in [0.15, 0.2) is 0 Å². The number of nitrogens with zero attached hydrogens (tertiary/aromatic N) is 3. The lowest BCUT2D eigenvalue weighted by atomic mass is 10.1. The lowest BCUT2D eigenvalue weighted by Crippen LogP contribution is -2.05. The zero-order chi connectivity index (χ0) is 14.5. The molecule has 0 unspecified atom stereocenters. The Hall–Kier alpha value is -2.46. The average molecular weight is 279 g/mol. The number of aromatic nitrogens is 3. The summed E-state index contributed by atoms with van der Waals surface area (Å²) in [4.78, 5) is 0. The minimum absolute atomic E-state index is 0.0864. The standard InChI is InChI=1S/C17H17N3O/c21-13-16-17(12-11-14-7-3-1-4-8-14)20(19-18-16)15-9-5-2-6-10-15/h1-10,21H,11-13H2. The summed E-state index contributed by atoms with van der Waals surface area (Å²) in [5, 5.41) is 17.7. The molecule has 0 amide bonds. The van der Waals surface area contributed by atoms with Crippen LogP contribution in [0.3, 0.4) is 0 Å². The van der Waals surface area contributed by atoms with E-state index in [1.807, 2.05) is 53.2 Å². The molecule has 4 heteroatoms. The van der Waals surface area contributed by atoms with Crippen molar-refractivity contribution in [3.8, 4) is 5.69 Å². The van der Waals surface area contributed by atoms with E-state index in [-0.39, 0.29) is 6.61 Å². The average Bonchev–Trinajstić information content (AvgIpc) is 2.97. The molecule has 0 atom stereocenters. The van der Waals surface area contributed by atoms with Crippen molar-refractivity contribution < 1.29 is 5.11 Å². The van der Waals surface area contributed by atoms with Crippen LogP contribution in [0.4, 0.5) is 0 Å². The molecule has 3 aromatic rings. The quantitative estimate of drug-likeness (QED) is 0.781. The van der Waals surface area contributed by atoms with Crippen LogP contribution in [0, 0.1) is 0 Å².